The summed E-state index contributed by atoms with van der Waals surface area (Å²) in [7, 11) is 1.69. The summed E-state index contributed by atoms with van der Waals surface area (Å²) in [4.78, 5) is 23.1. The fraction of sp³-hybridized carbons (Fsp3) is 0.947. The third kappa shape index (κ3) is 54.2. The number of unbranched alkanes of at least 4 members (excludes halogenated alkanes) is 39. The summed E-state index contributed by atoms with van der Waals surface area (Å²) >= 11 is 0. The number of carbonyl (C=O) groups is 1. The third-order valence-corrected chi connectivity index (χ3v) is 14.1. The average Bonchev–Trinajstić information content (AvgIpc) is 3.28. The van der Waals surface area contributed by atoms with Gasteiger partial charge in [0.1, 0.15) is 19.3 Å². The highest BCUT2D eigenvalue weighted by atomic mass is 31.2. The molecule has 0 rings (SSSR count). The van der Waals surface area contributed by atoms with E-state index in [0.717, 1.165) is 32.1 Å². The number of hydrogen-bond donors (Lipinski definition) is 1. The van der Waals surface area contributed by atoms with Gasteiger partial charge in [-0.15, -0.1) is 0 Å². The molecule has 0 aliphatic heterocycles. The van der Waals surface area contributed by atoms with Gasteiger partial charge in [0.2, 0.25) is 0 Å². The number of rotatable bonds is 55. The first-order valence-electron chi connectivity index (χ1n) is 28.9. The van der Waals surface area contributed by atoms with E-state index in [1.165, 1.54) is 238 Å². The van der Waals surface area contributed by atoms with E-state index in [9.17, 15) is 14.3 Å². The summed E-state index contributed by atoms with van der Waals surface area (Å²) in [5.41, 5.74) is 0. The van der Waals surface area contributed by atoms with Gasteiger partial charge in [-0.05, 0) is 38.5 Å². The van der Waals surface area contributed by atoms with E-state index in [1.54, 1.807) is 0 Å². The molecule has 0 fully saturated rings. The maximum absolute atomic E-state index is 12.8. The molecule has 0 saturated heterocycles. The predicted octanol–water partition coefficient (Wildman–Crippen LogP) is 18.1. The smallest absolute Gasteiger partial charge is 0.457 e. The molecule has 0 spiro atoms. The van der Waals surface area contributed by atoms with Gasteiger partial charge in [0.25, 0.3) is 0 Å². The van der Waals surface area contributed by atoms with Gasteiger partial charge in [-0.3, -0.25) is 13.8 Å². The molecular formula is C57H115NO7P+. The zero-order chi connectivity index (χ0) is 48.3. The van der Waals surface area contributed by atoms with Gasteiger partial charge in [0.05, 0.1) is 34.4 Å². The SMILES string of the molecule is CCCCCCCCCC/C=C\CCCCCCCCCCCC(=O)OC(COCCCCCCCCCCCCCCCCCCCCCCCCC)COP(=O)(O)OCC[N+](C)(C)C. The van der Waals surface area contributed by atoms with Crippen molar-refractivity contribution in [3.8, 4) is 0 Å². The van der Waals surface area contributed by atoms with Crippen LogP contribution in [0.3, 0.4) is 0 Å². The van der Waals surface area contributed by atoms with Crippen molar-refractivity contribution >= 4 is 13.8 Å². The summed E-state index contributed by atoms with van der Waals surface area (Å²) in [5, 5.41) is 0. The molecule has 394 valence electrons. The Kier molecular flexibility index (Phi) is 50.0. The van der Waals surface area contributed by atoms with Gasteiger partial charge in [0.15, 0.2) is 0 Å². The minimum absolute atomic E-state index is 0.0921. The molecule has 0 aliphatic rings. The number of likely N-dealkylation sites (N-methyl/N-ethyl adjacent to an activating group) is 1. The Bertz CT molecular complexity index is 1070. The minimum Gasteiger partial charge on any atom is -0.457 e. The molecule has 8 nitrogen and oxygen atoms in total. The van der Waals surface area contributed by atoms with Crippen LogP contribution in [-0.4, -0.2) is 75.6 Å². The summed E-state index contributed by atoms with van der Waals surface area (Å²) < 4.78 is 35.3. The fourth-order valence-corrected chi connectivity index (χ4v) is 9.35. The second kappa shape index (κ2) is 50.6. The Morgan fingerprint density at radius 3 is 1.15 bits per heavy atom. The molecule has 1 N–H and O–H groups in total. The van der Waals surface area contributed by atoms with Crippen LogP contribution in [0, 0.1) is 0 Å². The van der Waals surface area contributed by atoms with Crippen molar-refractivity contribution in [3.63, 3.8) is 0 Å². The molecule has 0 aromatic carbocycles. The molecular weight excluding hydrogens is 842 g/mol. The van der Waals surface area contributed by atoms with E-state index in [-0.39, 0.29) is 25.8 Å². The molecule has 0 heterocycles. The van der Waals surface area contributed by atoms with Crippen molar-refractivity contribution in [2.24, 2.45) is 0 Å². The molecule has 0 aliphatic carbocycles. The number of ether oxygens (including phenoxy) is 2. The molecule has 0 saturated carbocycles. The van der Waals surface area contributed by atoms with Gasteiger partial charge in [-0.1, -0.05) is 257 Å². The van der Waals surface area contributed by atoms with Crippen molar-refractivity contribution in [1.29, 1.82) is 0 Å². The maximum atomic E-state index is 12.8. The van der Waals surface area contributed by atoms with Crippen LogP contribution in [-0.2, 0) is 27.9 Å². The topological polar surface area (TPSA) is 91.3 Å². The van der Waals surface area contributed by atoms with Crippen molar-refractivity contribution < 1.29 is 37.3 Å². The molecule has 2 atom stereocenters. The Labute approximate surface area is 411 Å². The highest BCUT2D eigenvalue weighted by Gasteiger charge is 2.26. The maximum Gasteiger partial charge on any atom is 0.472 e. The lowest BCUT2D eigenvalue weighted by molar-refractivity contribution is -0.870. The van der Waals surface area contributed by atoms with E-state index in [0.29, 0.717) is 24.1 Å². The second-order valence-electron chi connectivity index (χ2n) is 21.0. The summed E-state index contributed by atoms with van der Waals surface area (Å²) in [6.45, 7) is 5.70. The van der Waals surface area contributed by atoms with E-state index in [2.05, 4.69) is 26.0 Å². The Morgan fingerprint density at radius 2 is 0.788 bits per heavy atom. The van der Waals surface area contributed by atoms with Crippen LogP contribution >= 0.6 is 7.82 Å². The molecule has 0 amide bonds. The first kappa shape index (κ1) is 65.2. The number of hydrogen-bond acceptors (Lipinski definition) is 6. The fourth-order valence-electron chi connectivity index (χ4n) is 8.61. The van der Waals surface area contributed by atoms with Crippen LogP contribution in [0.4, 0.5) is 0 Å². The number of esters is 1. The van der Waals surface area contributed by atoms with Gasteiger partial charge < -0.3 is 18.9 Å². The van der Waals surface area contributed by atoms with E-state index in [1.807, 2.05) is 21.1 Å². The second-order valence-corrected chi connectivity index (χ2v) is 22.5. The average molecular weight is 958 g/mol. The zero-order valence-electron chi connectivity index (χ0n) is 45.0. The lowest BCUT2D eigenvalue weighted by atomic mass is 10.0. The van der Waals surface area contributed by atoms with Crippen molar-refractivity contribution in [2.75, 3.05) is 54.1 Å². The van der Waals surface area contributed by atoms with Gasteiger partial charge in [-0.25, -0.2) is 4.57 Å². The Morgan fingerprint density at radius 1 is 0.455 bits per heavy atom. The highest BCUT2D eigenvalue weighted by Crippen LogP contribution is 2.43. The number of phosphoric acid groups is 1. The largest absolute Gasteiger partial charge is 0.472 e. The van der Waals surface area contributed by atoms with Crippen LogP contribution in [0.15, 0.2) is 12.2 Å². The molecule has 2 unspecified atom stereocenters. The minimum atomic E-state index is -4.28. The van der Waals surface area contributed by atoms with E-state index in [4.69, 9.17) is 18.5 Å². The van der Waals surface area contributed by atoms with E-state index < -0.39 is 13.9 Å². The number of allylic oxidation sites excluding steroid dienone is 2. The van der Waals surface area contributed by atoms with Crippen molar-refractivity contribution in [1.82, 2.24) is 0 Å². The molecule has 66 heavy (non-hydrogen) atoms. The molecule has 0 aromatic heterocycles. The molecule has 0 radical (unpaired) electrons. The van der Waals surface area contributed by atoms with Crippen LogP contribution in [0.1, 0.15) is 290 Å². The number of quaternary nitrogens is 1. The predicted molar refractivity (Wildman–Crippen MR) is 284 cm³/mol. The lowest BCUT2D eigenvalue weighted by Crippen LogP contribution is -2.37. The van der Waals surface area contributed by atoms with E-state index >= 15 is 0 Å². The zero-order valence-corrected chi connectivity index (χ0v) is 45.9. The lowest BCUT2D eigenvalue weighted by Gasteiger charge is -2.24. The normalized spacial score (nSPS) is 13.5. The number of carbonyl (C=O) groups excluding carboxylic acids is 1. The summed E-state index contributed by atoms with van der Waals surface area (Å²) in [6.07, 6.45) is 59.9. The molecule has 9 heteroatoms. The molecule has 0 bridgehead atoms. The van der Waals surface area contributed by atoms with Crippen LogP contribution in [0.2, 0.25) is 0 Å². The highest BCUT2D eigenvalue weighted by molar-refractivity contribution is 7.47. The van der Waals surface area contributed by atoms with Crippen LogP contribution in [0.5, 0.6) is 0 Å². The Balaban J connectivity index is 4.03. The van der Waals surface area contributed by atoms with Gasteiger partial charge >= 0.3 is 13.8 Å². The number of nitrogens with zero attached hydrogens (tertiary/aromatic N) is 1. The quantitative estimate of drug-likeness (QED) is 0.0213. The van der Waals surface area contributed by atoms with Crippen LogP contribution in [0.25, 0.3) is 0 Å². The number of phosphoric ester groups is 1. The molecule has 0 aromatic rings. The first-order valence-corrected chi connectivity index (χ1v) is 30.4. The summed E-state index contributed by atoms with van der Waals surface area (Å²) in [5.74, 6) is -0.308. The van der Waals surface area contributed by atoms with Gasteiger partial charge in [0, 0.05) is 13.0 Å². The first-order chi connectivity index (χ1) is 32.1. The monoisotopic (exact) mass is 957 g/mol. The standard InChI is InChI=1S/C57H114NO7P/c1-6-8-10-12-14-16-18-20-22-24-26-28-29-31-33-35-37-39-41-43-45-47-49-52-62-54-56(55-64-66(60,61)63-53-51-58(3,4)5)65-57(59)50-48-46-44-42-40-38-36-34-32-30-27-25-23-21-19-17-15-13-11-9-7-2/h25,27,56H,6-24,26,28-55H2,1-5H3/p+1/b27-25-. The van der Waals surface area contributed by atoms with Gasteiger partial charge in [-0.2, -0.15) is 0 Å². The van der Waals surface area contributed by atoms with Crippen molar-refractivity contribution in [2.45, 2.75) is 296 Å². The summed E-state index contributed by atoms with van der Waals surface area (Å²) in [6, 6.07) is 0. The van der Waals surface area contributed by atoms with Crippen molar-refractivity contribution in [3.05, 3.63) is 12.2 Å². The van der Waals surface area contributed by atoms with Crippen LogP contribution < -0.4 is 0 Å². The Hall–Kier alpha value is -0.760. The third-order valence-electron chi connectivity index (χ3n) is 13.1.